The lowest BCUT2D eigenvalue weighted by Gasteiger charge is -2.13. The van der Waals surface area contributed by atoms with Crippen LogP contribution in [-0.2, 0) is 6.61 Å². The monoisotopic (exact) mass is 411 g/mol. The van der Waals surface area contributed by atoms with E-state index in [9.17, 15) is 24.8 Å². The van der Waals surface area contributed by atoms with Crippen molar-refractivity contribution in [3.05, 3.63) is 104 Å². The molecule has 7 nitrogen and oxygen atoms in total. The maximum atomic E-state index is 13.0. The molecule has 0 amide bonds. The van der Waals surface area contributed by atoms with Crippen molar-refractivity contribution in [3.63, 3.8) is 0 Å². The van der Waals surface area contributed by atoms with Gasteiger partial charge in [0.15, 0.2) is 0 Å². The zero-order valence-electron chi connectivity index (χ0n) is 14.9. The number of nitro groups is 1. The van der Waals surface area contributed by atoms with Gasteiger partial charge >= 0.3 is 5.97 Å². The molecular formula is C21H14ClNO6. The molecule has 0 spiro atoms. The van der Waals surface area contributed by atoms with E-state index in [-0.39, 0.29) is 29.0 Å². The van der Waals surface area contributed by atoms with E-state index in [0.717, 1.165) is 12.1 Å². The number of halogens is 1. The third-order valence-electron chi connectivity index (χ3n) is 4.10. The molecule has 3 rings (SSSR count). The molecule has 0 aliphatic heterocycles. The van der Waals surface area contributed by atoms with Gasteiger partial charge in [0, 0.05) is 16.7 Å². The standard InChI is InChI=1S/C21H14ClNO6/c22-16-8-6-13(7-9-16)12-29-18-11-15(21(25)26)10-17(23(27)28)19(18)20(24)14-4-2-1-3-5-14/h1-11H,12H2,(H,25,26). The number of carboxylic acid groups (broad SMARTS) is 1. The summed E-state index contributed by atoms with van der Waals surface area (Å²) in [6.45, 7) is -0.0353. The second kappa shape index (κ2) is 8.53. The number of rotatable bonds is 7. The number of hydrogen-bond donors (Lipinski definition) is 1. The number of nitrogens with zero attached hydrogens (tertiary/aromatic N) is 1. The predicted octanol–water partition coefficient (Wildman–Crippen LogP) is 4.76. The molecule has 146 valence electrons. The van der Waals surface area contributed by atoms with Crippen LogP contribution in [-0.4, -0.2) is 21.8 Å². The molecule has 0 fully saturated rings. The zero-order chi connectivity index (χ0) is 21.0. The first-order valence-electron chi connectivity index (χ1n) is 8.39. The van der Waals surface area contributed by atoms with Gasteiger partial charge in [-0.15, -0.1) is 0 Å². The summed E-state index contributed by atoms with van der Waals surface area (Å²) in [5.74, 6) is -2.19. The summed E-state index contributed by atoms with van der Waals surface area (Å²) in [6.07, 6.45) is 0. The van der Waals surface area contributed by atoms with Gasteiger partial charge in [0.2, 0.25) is 5.78 Å². The van der Waals surface area contributed by atoms with Crippen molar-refractivity contribution in [2.45, 2.75) is 6.61 Å². The number of aromatic carboxylic acids is 1. The van der Waals surface area contributed by atoms with Crippen molar-refractivity contribution in [2.75, 3.05) is 0 Å². The molecule has 0 heterocycles. The predicted molar refractivity (Wildman–Crippen MR) is 106 cm³/mol. The number of hydrogen-bond acceptors (Lipinski definition) is 5. The minimum Gasteiger partial charge on any atom is -0.488 e. The summed E-state index contributed by atoms with van der Waals surface area (Å²) in [7, 11) is 0. The summed E-state index contributed by atoms with van der Waals surface area (Å²) in [5, 5.41) is 21.4. The highest BCUT2D eigenvalue weighted by molar-refractivity contribution is 6.30. The molecule has 3 aromatic carbocycles. The maximum absolute atomic E-state index is 13.0. The normalized spacial score (nSPS) is 10.4. The second-order valence-electron chi connectivity index (χ2n) is 6.04. The fourth-order valence-electron chi connectivity index (χ4n) is 2.69. The summed E-state index contributed by atoms with van der Waals surface area (Å²) >= 11 is 5.85. The summed E-state index contributed by atoms with van der Waals surface area (Å²) in [5.41, 5.74) is -0.386. The number of carboxylic acids is 1. The lowest BCUT2D eigenvalue weighted by atomic mass is 9.98. The van der Waals surface area contributed by atoms with Crippen LogP contribution in [0.3, 0.4) is 0 Å². The van der Waals surface area contributed by atoms with Crippen LogP contribution in [0.15, 0.2) is 66.7 Å². The van der Waals surface area contributed by atoms with E-state index in [1.807, 2.05) is 0 Å². The van der Waals surface area contributed by atoms with Gasteiger partial charge in [0.05, 0.1) is 10.5 Å². The smallest absolute Gasteiger partial charge is 0.336 e. The average molecular weight is 412 g/mol. The first-order chi connectivity index (χ1) is 13.9. The fourth-order valence-corrected chi connectivity index (χ4v) is 2.81. The largest absolute Gasteiger partial charge is 0.488 e. The molecule has 29 heavy (non-hydrogen) atoms. The first kappa shape index (κ1) is 20.0. The van der Waals surface area contributed by atoms with E-state index in [4.69, 9.17) is 16.3 Å². The van der Waals surface area contributed by atoms with Crippen LogP contribution in [0.25, 0.3) is 0 Å². The molecule has 0 saturated heterocycles. The zero-order valence-corrected chi connectivity index (χ0v) is 15.6. The molecular weight excluding hydrogens is 398 g/mol. The number of ketones is 1. The van der Waals surface area contributed by atoms with E-state index in [2.05, 4.69) is 0 Å². The van der Waals surface area contributed by atoms with Gasteiger partial charge in [0.1, 0.15) is 17.9 Å². The van der Waals surface area contributed by atoms with Gasteiger partial charge in [0.25, 0.3) is 5.69 Å². The molecule has 0 aromatic heterocycles. The van der Waals surface area contributed by atoms with Gasteiger partial charge in [-0.25, -0.2) is 4.79 Å². The lowest BCUT2D eigenvalue weighted by molar-refractivity contribution is -0.385. The first-order valence-corrected chi connectivity index (χ1v) is 8.77. The van der Waals surface area contributed by atoms with Crippen molar-refractivity contribution in [1.82, 2.24) is 0 Å². The molecule has 0 aliphatic carbocycles. The summed E-state index contributed by atoms with van der Waals surface area (Å²) in [4.78, 5) is 35.2. The van der Waals surface area contributed by atoms with Gasteiger partial charge in [-0.1, -0.05) is 54.1 Å². The van der Waals surface area contributed by atoms with Crippen LogP contribution >= 0.6 is 11.6 Å². The molecule has 0 radical (unpaired) electrons. The molecule has 0 unspecified atom stereocenters. The minimum atomic E-state index is -1.37. The van der Waals surface area contributed by atoms with E-state index in [1.54, 1.807) is 42.5 Å². The lowest BCUT2D eigenvalue weighted by Crippen LogP contribution is -2.11. The van der Waals surface area contributed by atoms with Crippen LogP contribution in [0.5, 0.6) is 5.75 Å². The Morgan fingerprint density at radius 3 is 2.24 bits per heavy atom. The van der Waals surface area contributed by atoms with E-state index in [1.165, 1.54) is 12.1 Å². The Kier molecular flexibility index (Phi) is 5.90. The van der Waals surface area contributed by atoms with Gasteiger partial charge in [-0.05, 0) is 23.8 Å². The molecule has 3 aromatic rings. The highest BCUT2D eigenvalue weighted by Crippen LogP contribution is 2.33. The summed E-state index contributed by atoms with van der Waals surface area (Å²) in [6, 6.07) is 16.6. The SMILES string of the molecule is O=C(O)c1cc(OCc2ccc(Cl)cc2)c(C(=O)c2ccccc2)c([N+](=O)[O-])c1. The number of ether oxygens (including phenoxy) is 1. The number of nitro benzene ring substituents is 1. The molecule has 0 aliphatic rings. The highest BCUT2D eigenvalue weighted by Gasteiger charge is 2.29. The highest BCUT2D eigenvalue weighted by atomic mass is 35.5. The van der Waals surface area contributed by atoms with Crippen molar-refractivity contribution in [1.29, 1.82) is 0 Å². The van der Waals surface area contributed by atoms with Crippen LogP contribution in [0.4, 0.5) is 5.69 Å². The topological polar surface area (TPSA) is 107 Å². The third-order valence-corrected chi connectivity index (χ3v) is 4.35. The molecule has 0 saturated carbocycles. The third kappa shape index (κ3) is 4.59. The average Bonchev–Trinajstić information content (AvgIpc) is 2.72. The minimum absolute atomic E-state index is 0.0353. The van der Waals surface area contributed by atoms with E-state index < -0.39 is 22.4 Å². The van der Waals surface area contributed by atoms with Crippen molar-refractivity contribution >= 4 is 29.0 Å². The number of benzene rings is 3. The Morgan fingerprint density at radius 1 is 1.00 bits per heavy atom. The summed E-state index contributed by atoms with van der Waals surface area (Å²) < 4.78 is 5.66. The number of carbonyl (C=O) groups is 2. The fraction of sp³-hybridized carbons (Fsp3) is 0.0476. The van der Waals surface area contributed by atoms with Crippen LogP contribution in [0, 0.1) is 10.1 Å². The van der Waals surface area contributed by atoms with E-state index >= 15 is 0 Å². The Morgan fingerprint density at radius 2 is 1.66 bits per heavy atom. The maximum Gasteiger partial charge on any atom is 0.336 e. The molecule has 1 N–H and O–H groups in total. The Bertz CT molecular complexity index is 1080. The van der Waals surface area contributed by atoms with Crippen LogP contribution in [0.2, 0.25) is 5.02 Å². The Hall–Kier alpha value is -3.71. The second-order valence-corrected chi connectivity index (χ2v) is 6.48. The van der Waals surface area contributed by atoms with Crippen molar-refractivity contribution in [3.8, 4) is 5.75 Å². The molecule has 8 heteroatoms. The quantitative estimate of drug-likeness (QED) is 0.341. The van der Waals surface area contributed by atoms with Crippen LogP contribution in [0.1, 0.15) is 31.8 Å². The van der Waals surface area contributed by atoms with Gasteiger partial charge < -0.3 is 9.84 Å². The molecule has 0 bridgehead atoms. The number of carbonyl (C=O) groups excluding carboxylic acids is 1. The van der Waals surface area contributed by atoms with E-state index in [0.29, 0.717) is 10.6 Å². The Labute approximate surface area is 170 Å². The van der Waals surface area contributed by atoms with Crippen LogP contribution < -0.4 is 4.74 Å². The van der Waals surface area contributed by atoms with Gasteiger partial charge in [-0.3, -0.25) is 14.9 Å². The van der Waals surface area contributed by atoms with Gasteiger partial charge in [-0.2, -0.15) is 0 Å². The molecule has 0 atom stereocenters. The van der Waals surface area contributed by atoms with Crippen molar-refractivity contribution < 1.29 is 24.4 Å². The van der Waals surface area contributed by atoms with Crippen molar-refractivity contribution in [2.24, 2.45) is 0 Å². The Balaban J connectivity index is 2.10.